The van der Waals surface area contributed by atoms with E-state index in [-0.39, 0.29) is 16.8 Å². The maximum absolute atomic E-state index is 13.0. The number of pyridine rings is 1. The van der Waals surface area contributed by atoms with Crippen LogP contribution in [-0.4, -0.2) is 50.4 Å². The highest BCUT2D eigenvalue weighted by Gasteiger charge is 2.35. The molecular formula is C25H26N4O4S. The molecule has 2 aliphatic rings. The number of carbonyl (C=O) groups excluding carboxylic acids is 1. The summed E-state index contributed by atoms with van der Waals surface area (Å²) in [6, 6.07) is 12.5. The van der Waals surface area contributed by atoms with Crippen LogP contribution in [0.15, 0.2) is 53.6 Å². The molecule has 176 valence electrons. The molecule has 1 aliphatic heterocycles. The second-order valence-electron chi connectivity index (χ2n) is 8.65. The molecule has 1 saturated carbocycles. The lowest BCUT2D eigenvalue weighted by Gasteiger charge is -2.19. The van der Waals surface area contributed by atoms with E-state index in [1.165, 1.54) is 11.4 Å². The molecule has 1 fully saturated rings. The summed E-state index contributed by atoms with van der Waals surface area (Å²) in [6.07, 6.45) is 4.17. The predicted molar refractivity (Wildman–Crippen MR) is 130 cm³/mol. The summed E-state index contributed by atoms with van der Waals surface area (Å²) in [4.78, 5) is 16.7. The first-order chi connectivity index (χ1) is 16.3. The van der Waals surface area contributed by atoms with Gasteiger partial charge < -0.3 is 15.8 Å². The van der Waals surface area contributed by atoms with E-state index < -0.39 is 10.0 Å². The van der Waals surface area contributed by atoms with Crippen molar-refractivity contribution in [2.24, 2.45) is 0 Å². The van der Waals surface area contributed by atoms with Gasteiger partial charge in [0, 0.05) is 54.2 Å². The Labute approximate surface area is 198 Å². The van der Waals surface area contributed by atoms with Gasteiger partial charge in [-0.2, -0.15) is 4.31 Å². The SMILES string of the molecule is COc1cc(S(=O)(=O)N(C)C2CC2)ccc1-c1cnc(N)c(-c2ccc3c(c2)CCNC3=O)c1. The summed E-state index contributed by atoms with van der Waals surface area (Å²) in [6.45, 7) is 0.603. The third-order valence-corrected chi connectivity index (χ3v) is 8.39. The Hall–Kier alpha value is -3.43. The zero-order valence-corrected chi connectivity index (χ0v) is 19.9. The van der Waals surface area contributed by atoms with E-state index in [1.807, 2.05) is 24.3 Å². The largest absolute Gasteiger partial charge is 0.496 e. The van der Waals surface area contributed by atoms with Crippen LogP contribution < -0.4 is 15.8 Å². The summed E-state index contributed by atoms with van der Waals surface area (Å²) in [5.41, 5.74) is 10.9. The van der Waals surface area contributed by atoms with Gasteiger partial charge in [-0.05, 0) is 54.7 Å². The van der Waals surface area contributed by atoms with Crippen molar-refractivity contribution in [3.63, 3.8) is 0 Å². The number of nitrogens with zero attached hydrogens (tertiary/aromatic N) is 2. The van der Waals surface area contributed by atoms with Crippen LogP contribution >= 0.6 is 0 Å². The van der Waals surface area contributed by atoms with Crippen molar-refractivity contribution in [1.29, 1.82) is 0 Å². The Morgan fingerprint density at radius 3 is 2.56 bits per heavy atom. The van der Waals surface area contributed by atoms with Crippen LogP contribution in [0.2, 0.25) is 0 Å². The molecular weight excluding hydrogens is 452 g/mol. The molecule has 34 heavy (non-hydrogen) atoms. The minimum atomic E-state index is -3.59. The van der Waals surface area contributed by atoms with Gasteiger partial charge in [0.25, 0.3) is 5.91 Å². The number of hydrogen-bond donors (Lipinski definition) is 2. The molecule has 9 heteroatoms. The number of amides is 1. The fourth-order valence-corrected chi connectivity index (χ4v) is 5.75. The molecule has 0 atom stereocenters. The number of nitrogens with two attached hydrogens (primary N) is 1. The number of nitrogens with one attached hydrogen (secondary N) is 1. The van der Waals surface area contributed by atoms with Crippen LogP contribution in [0.25, 0.3) is 22.3 Å². The van der Waals surface area contributed by atoms with Crippen molar-refractivity contribution in [3.05, 3.63) is 59.8 Å². The van der Waals surface area contributed by atoms with E-state index >= 15 is 0 Å². The second-order valence-corrected chi connectivity index (χ2v) is 10.6. The molecule has 0 bridgehead atoms. The molecule has 1 amide bonds. The maximum Gasteiger partial charge on any atom is 0.251 e. The zero-order valence-electron chi connectivity index (χ0n) is 19.0. The number of benzene rings is 2. The highest BCUT2D eigenvalue weighted by Crippen LogP contribution is 2.38. The van der Waals surface area contributed by atoms with Crippen molar-refractivity contribution in [2.75, 3.05) is 26.4 Å². The third kappa shape index (κ3) is 3.91. The molecule has 1 aromatic heterocycles. The molecule has 0 unspecified atom stereocenters. The fraction of sp³-hybridized carbons (Fsp3) is 0.280. The molecule has 5 rings (SSSR count). The Bertz CT molecular complexity index is 1400. The molecule has 8 nitrogen and oxygen atoms in total. The summed E-state index contributed by atoms with van der Waals surface area (Å²) in [5, 5.41) is 2.85. The number of hydrogen-bond acceptors (Lipinski definition) is 6. The summed E-state index contributed by atoms with van der Waals surface area (Å²) in [5.74, 6) is 0.734. The fourth-order valence-electron chi connectivity index (χ4n) is 4.32. The highest BCUT2D eigenvalue weighted by molar-refractivity contribution is 7.89. The van der Waals surface area contributed by atoms with Crippen LogP contribution in [-0.2, 0) is 16.4 Å². The lowest BCUT2D eigenvalue weighted by atomic mass is 9.94. The summed E-state index contributed by atoms with van der Waals surface area (Å²) >= 11 is 0. The van der Waals surface area contributed by atoms with Crippen LogP contribution in [0.4, 0.5) is 5.82 Å². The standard InChI is InChI=1S/C25H26N4O4S/c1-29(18-4-5-18)34(31,32)19-6-8-20(23(13-19)33-2)17-12-22(24(26)28-14-17)15-3-7-21-16(11-15)9-10-27-25(21)30/h3,6-8,11-14,18H,4-5,9-10H2,1-2H3,(H2,26,28)(H,27,30). The van der Waals surface area contributed by atoms with Gasteiger partial charge in [0.05, 0.1) is 12.0 Å². The monoisotopic (exact) mass is 478 g/mol. The van der Waals surface area contributed by atoms with Crippen molar-refractivity contribution >= 4 is 21.7 Å². The Morgan fingerprint density at radius 2 is 1.82 bits per heavy atom. The number of fused-ring (bicyclic) bond motifs is 1. The molecule has 0 spiro atoms. The molecule has 1 aliphatic carbocycles. The number of carbonyl (C=O) groups is 1. The quantitative estimate of drug-likeness (QED) is 0.563. The van der Waals surface area contributed by atoms with Crippen molar-refractivity contribution in [2.45, 2.75) is 30.2 Å². The van der Waals surface area contributed by atoms with Crippen molar-refractivity contribution < 1.29 is 17.9 Å². The lowest BCUT2D eigenvalue weighted by Crippen LogP contribution is -2.31. The molecule has 3 aromatic rings. The molecule has 3 N–H and O–H groups in total. The Morgan fingerprint density at radius 1 is 1.06 bits per heavy atom. The van der Waals surface area contributed by atoms with E-state index in [2.05, 4.69) is 10.3 Å². The molecule has 0 saturated heterocycles. The van der Waals surface area contributed by atoms with Gasteiger partial charge >= 0.3 is 0 Å². The zero-order chi connectivity index (χ0) is 24.0. The van der Waals surface area contributed by atoms with Crippen molar-refractivity contribution in [1.82, 2.24) is 14.6 Å². The predicted octanol–water partition coefficient (Wildman–Crippen LogP) is 3.08. The first-order valence-electron chi connectivity index (χ1n) is 11.1. The van der Waals surface area contributed by atoms with E-state index in [1.54, 1.807) is 31.4 Å². The van der Waals surface area contributed by atoms with Gasteiger partial charge in [-0.15, -0.1) is 0 Å². The van der Waals surface area contributed by atoms with Crippen molar-refractivity contribution in [3.8, 4) is 28.0 Å². The highest BCUT2D eigenvalue weighted by atomic mass is 32.2. The van der Waals surface area contributed by atoms with Gasteiger partial charge in [0.15, 0.2) is 0 Å². The molecule has 2 heterocycles. The summed E-state index contributed by atoms with van der Waals surface area (Å²) < 4.78 is 32.9. The van der Waals surface area contributed by atoms with E-state index in [0.29, 0.717) is 29.2 Å². The molecule has 2 aromatic carbocycles. The topological polar surface area (TPSA) is 115 Å². The number of ether oxygens (including phenoxy) is 1. The molecule has 0 radical (unpaired) electrons. The maximum atomic E-state index is 13.0. The average molecular weight is 479 g/mol. The number of methoxy groups -OCH3 is 1. The van der Waals surface area contributed by atoms with Crippen LogP contribution in [0, 0.1) is 0 Å². The Kier molecular flexibility index (Phi) is 5.53. The van der Waals surface area contributed by atoms with Gasteiger partial charge in [-0.1, -0.05) is 12.1 Å². The van der Waals surface area contributed by atoms with E-state index in [0.717, 1.165) is 41.5 Å². The third-order valence-electron chi connectivity index (χ3n) is 6.48. The van der Waals surface area contributed by atoms with E-state index in [4.69, 9.17) is 10.5 Å². The smallest absolute Gasteiger partial charge is 0.251 e. The number of sulfonamides is 1. The number of aromatic nitrogens is 1. The number of rotatable bonds is 6. The van der Waals surface area contributed by atoms with Crippen LogP contribution in [0.1, 0.15) is 28.8 Å². The second kappa shape index (κ2) is 8.41. The number of nitrogen functional groups attached to an aromatic ring is 1. The van der Waals surface area contributed by atoms with E-state index in [9.17, 15) is 13.2 Å². The normalized spacial score (nSPS) is 15.7. The number of anilines is 1. The van der Waals surface area contributed by atoms with Gasteiger partial charge in [0.1, 0.15) is 11.6 Å². The van der Waals surface area contributed by atoms with Gasteiger partial charge in [0.2, 0.25) is 10.0 Å². The first-order valence-corrected chi connectivity index (χ1v) is 12.6. The minimum absolute atomic E-state index is 0.0697. The first kappa shape index (κ1) is 22.4. The minimum Gasteiger partial charge on any atom is -0.496 e. The van der Waals surface area contributed by atoms with Crippen LogP contribution in [0.3, 0.4) is 0 Å². The lowest BCUT2D eigenvalue weighted by molar-refractivity contribution is 0.0946. The summed E-state index contributed by atoms with van der Waals surface area (Å²) in [7, 11) is -0.463. The Balaban J connectivity index is 1.54. The van der Waals surface area contributed by atoms with Gasteiger partial charge in [-0.25, -0.2) is 13.4 Å². The van der Waals surface area contributed by atoms with Gasteiger partial charge in [-0.3, -0.25) is 4.79 Å². The van der Waals surface area contributed by atoms with Crippen LogP contribution in [0.5, 0.6) is 5.75 Å². The average Bonchev–Trinajstić information content (AvgIpc) is 3.69.